The predicted molar refractivity (Wildman–Crippen MR) is 152 cm³/mol. The lowest BCUT2D eigenvalue weighted by Gasteiger charge is -2.36. The van der Waals surface area contributed by atoms with Gasteiger partial charge in [0.05, 0.1) is 11.4 Å². The van der Waals surface area contributed by atoms with Crippen LogP contribution in [0.1, 0.15) is 27.6 Å². The summed E-state index contributed by atoms with van der Waals surface area (Å²) in [6.07, 6.45) is 0. The average Bonchev–Trinajstić information content (AvgIpc) is 3.30. The van der Waals surface area contributed by atoms with Crippen LogP contribution >= 0.6 is 46.6 Å². The van der Waals surface area contributed by atoms with E-state index in [0.717, 1.165) is 17.1 Å². The number of carbonyl (C=O) groups excluding carboxylic acids is 1. The molecule has 1 fully saturated rings. The molecule has 38 heavy (non-hydrogen) atoms. The van der Waals surface area contributed by atoms with Gasteiger partial charge in [-0.15, -0.1) is 5.10 Å². The highest BCUT2D eigenvalue weighted by Gasteiger charge is 2.28. The minimum absolute atomic E-state index is 0.174. The van der Waals surface area contributed by atoms with Crippen molar-refractivity contribution in [1.82, 2.24) is 29.9 Å². The summed E-state index contributed by atoms with van der Waals surface area (Å²) < 4.78 is 1.61. The van der Waals surface area contributed by atoms with Crippen molar-refractivity contribution >= 4 is 58.2 Å². The Morgan fingerprint density at radius 1 is 0.868 bits per heavy atom. The maximum Gasteiger partial charge on any atom is 0.276 e. The molecule has 0 saturated carbocycles. The first-order chi connectivity index (χ1) is 18.3. The fraction of sp³-hybridized carbons (Fsp3) is 0.269. The number of halogens is 3. The summed E-state index contributed by atoms with van der Waals surface area (Å²) in [5.41, 5.74) is 4.33. The Hall–Kier alpha value is -2.85. The third kappa shape index (κ3) is 6.07. The molecular weight excluding hydrogens is 565 g/mol. The standard InChI is InChI=1S/C26H24Cl3N7OS/c1-16-10-17(2)31-26(30-16)38-15-23-24(32-33-36(23)22-13-19(28)11-20(29)14-22)25(37)35-8-6-34(7-9-35)21-5-3-4-18(27)12-21/h3-5,10-14H,6-9,15H2,1-2H3. The van der Waals surface area contributed by atoms with E-state index in [1.54, 1.807) is 22.9 Å². The van der Waals surface area contributed by atoms with Gasteiger partial charge in [0.25, 0.3) is 5.91 Å². The van der Waals surface area contributed by atoms with Crippen molar-refractivity contribution in [1.29, 1.82) is 0 Å². The van der Waals surface area contributed by atoms with Crippen molar-refractivity contribution in [2.24, 2.45) is 0 Å². The van der Waals surface area contributed by atoms with Gasteiger partial charge in [-0.1, -0.05) is 57.8 Å². The molecule has 0 aliphatic carbocycles. The first kappa shape index (κ1) is 26.7. The number of hydrogen-bond acceptors (Lipinski definition) is 7. The minimum atomic E-state index is -0.174. The van der Waals surface area contributed by atoms with Crippen LogP contribution in [0.3, 0.4) is 0 Å². The van der Waals surface area contributed by atoms with E-state index in [1.165, 1.54) is 11.8 Å². The number of aromatic nitrogens is 5. The SMILES string of the molecule is Cc1cc(C)nc(SCc2c(C(=O)N3CCN(c4cccc(Cl)c4)CC3)nnn2-c2cc(Cl)cc(Cl)c2)n1. The molecule has 8 nitrogen and oxygen atoms in total. The lowest BCUT2D eigenvalue weighted by Crippen LogP contribution is -2.49. The van der Waals surface area contributed by atoms with E-state index in [4.69, 9.17) is 34.8 Å². The summed E-state index contributed by atoms with van der Waals surface area (Å²) in [5.74, 6) is 0.205. The maximum absolute atomic E-state index is 13.7. The lowest BCUT2D eigenvalue weighted by molar-refractivity contribution is 0.0740. The summed E-state index contributed by atoms with van der Waals surface area (Å²) in [7, 11) is 0. The van der Waals surface area contributed by atoms with Gasteiger partial charge >= 0.3 is 0 Å². The van der Waals surface area contributed by atoms with E-state index in [-0.39, 0.29) is 11.6 Å². The van der Waals surface area contributed by atoms with Crippen LogP contribution in [0, 0.1) is 13.8 Å². The number of hydrogen-bond donors (Lipinski definition) is 0. The first-order valence-electron chi connectivity index (χ1n) is 11.9. The average molecular weight is 589 g/mol. The highest BCUT2D eigenvalue weighted by Crippen LogP contribution is 2.28. The quantitative estimate of drug-likeness (QED) is 0.205. The van der Waals surface area contributed by atoms with E-state index in [1.807, 2.05) is 49.1 Å². The Bertz CT molecular complexity index is 1450. The second kappa shape index (κ2) is 11.5. The molecule has 0 atom stereocenters. The van der Waals surface area contributed by atoms with Crippen LogP contribution in [0.25, 0.3) is 5.69 Å². The molecule has 4 aromatic rings. The van der Waals surface area contributed by atoms with Crippen LogP contribution in [0.2, 0.25) is 15.1 Å². The van der Waals surface area contributed by atoms with Crippen molar-refractivity contribution < 1.29 is 4.79 Å². The molecule has 2 aromatic carbocycles. The zero-order chi connectivity index (χ0) is 26.8. The van der Waals surface area contributed by atoms with Gasteiger partial charge in [0.1, 0.15) is 0 Å². The Morgan fingerprint density at radius 3 is 2.18 bits per heavy atom. The minimum Gasteiger partial charge on any atom is -0.368 e. The number of benzene rings is 2. The third-order valence-corrected chi connectivity index (χ3v) is 7.63. The molecule has 1 aliphatic heterocycles. The van der Waals surface area contributed by atoms with Gasteiger partial charge in [-0.2, -0.15) is 0 Å². The maximum atomic E-state index is 13.7. The number of anilines is 1. The highest BCUT2D eigenvalue weighted by atomic mass is 35.5. The topological polar surface area (TPSA) is 80.0 Å². The molecule has 2 aromatic heterocycles. The summed E-state index contributed by atoms with van der Waals surface area (Å²) in [6.45, 7) is 6.32. The van der Waals surface area contributed by atoms with Crippen LogP contribution in [0.5, 0.6) is 0 Å². The monoisotopic (exact) mass is 587 g/mol. The Morgan fingerprint density at radius 2 is 1.53 bits per heavy atom. The third-order valence-electron chi connectivity index (χ3n) is 6.10. The molecule has 0 radical (unpaired) electrons. The molecule has 12 heteroatoms. The number of thioether (sulfide) groups is 1. The molecule has 1 amide bonds. The van der Waals surface area contributed by atoms with Crippen molar-refractivity contribution in [3.05, 3.63) is 86.4 Å². The van der Waals surface area contributed by atoms with Crippen molar-refractivity contribution in [3.63, 3.8) is 0 Å². The zero-order valence-corrected chi connectivity index (χ0v) is 23.8. The van der Waals surface area contributed by atoms with Crippen molar-refractivity contribution in [2.45, 2.75) is 24.8 Å². The number of carbonyl (C=O) groups is 1. The zero-order valence-electron chi connectivity index (χ0n) is 20.7. The Kier molecular flexibility index (Phi) is 8.09. The van der Waals surface area contributed by atoms with E-state index in [9.17, 15) is 4.79 Å². The molecule has 1 aliphatic rings. The van der Waals surface area contributed by atoms with Gasteiger partial charge in [0, 0.05) is 64.1 Å². The van der Waals surface area contributed by atoms with Crippen molar-refractivity contribution in [2.75, 3.05) is 31.1 Å². The van der Waals surface area contributed by atoms with Crippen LogP contribution in [-0.4, -0.2) is 61.9 Å². The van der Waals surface area contributed by atoms with Crippen LogP contribution in [-0.2, 0) is 5.75 Å². The molecular formula is C26H24Cl3N7OS. The van der Waals surface area contributed by atoms with Gasteiger partial charge in [-0.25, -0.2) is 14.6 Å². The van der Waals surface area contributed by atoms with Gasteiger partial charge in [0.2, 0.25) is 0 Å². The molecule has 0 unspecified atom stereocenters. The van der Waals surface area contributed by atoms with Crippen LogP contribution < -0.4 is 4.90 Å². The molecule has 5 rings (SSSR count). The van der Waals surface area contributed by atoms with E-state index in [2.05, 4.69) is 25.2 Å². The van der Waals surface area contributed by atoms with E-state index < -0.39 is 0 Å². The second-order valence-electron chi connectivity index (χ2n) is 8.91. The molecule has 0 N–H and O–H groups in total. The van der Waals surface area contributed by atoms with Gasteiger partial charge in [-0.05, 0) is 56.3 Å². The van der Waals surface area contributed by atoms with Crippen molar-refractivity contribution in [3.8, 4) is 5.69 Å². The number of piperazine rings is 1. The summed E-state index contributed by atoms with van der Waals surface area (Å²) >= 11 is 20.1. The predicted octanol–water partition coefficient (Wildman–Crippen LogP) is 5.89. The van der Waals surface area contributed by atoms with Crippen LogP contribution in [0.4, 0.5) is 5.69 Å². The molecule has 0 spiro atoms. The number of amides is 1. The molecule has 196 valence electrons. The largest absolute Gasteiger partial charge is 0.368 e. The molecule has 0 bridgehead atoms. The lowest BCUT2D eigenvalue weighted by atomic mass is 10.2. The van der Waals surface area contributed by atoms with Gasteiger partial charge in [0.15, 0.2) is 10.9 Å². The summed E-state index contributed by atoms with van der Waals surface area (Å²) in [4.78, 5) is 26.8. The summed E-state index contributed by atoms with van der Waals surface area (Å²) in [6, 6.07) is 14.8. The van der Waals surface area contributed by atoms with Gasteiger partial charge < -0.3 is 9.80 Å². The number of aryl methyl sites for hydroxylation is 2. The first-order valence-corrected chi connectivity index (χ1v) is 14.0. The highest BCUT2D eigenvalue weighted by molar-refractivity contribution is 7.98. The fourth-order valence-corrected chi connectivity index (χ4v) is 5.99. The van der Waals surface area contributed by atoms with Gasteiger partial charge in [-0.3, -0.25) is 4.79 Å². The Labute approximate surface area is 239 Å². The van der Waals surface area contributed by atoms with E-state index >= 15 is 0 Å². The number of nitrogens with zero attached hydrogens (tertiary/aromatic N) is 7. The fourth-order valence-electron chi connectivity index (χ4n) is 4.35. The molecule has 1 saturated heterocycles. The van der Waals surface area contributed by atoms with Crippen LogP contribution in [0.15, 0.2) is 53.7 Å². The summed E-state index contributed by atoms with van der Waals surface area (Å²) in [5, 5.41) is 10.9. The molecule has 3 heterocycles. The number of rotatable bonds is 6. The smallest absolute Gasteiger partial charge is 0.276 e. The second-order valence-corrected chi connectivity index (χ2v) is 11.2. The van der Waals surface area contributed by atoms with E-state index in [0.29, 0.717) is 63.5 Å². The normalized spacial score (nSPS) is 13.7. The Balaban J connectivity index is 1.41.